The molecule has 2 rings (SSSR count). The van der Waals surface area contributed by atoms with Crippen molar-refractivity contribution in [2.24, 2.45) is 0 Å². The summed E-state index contributed by atoms with van der Waals surface area (Å²) in [6, 6.07) is 7.36. The summed E-state index contributed by atoms with van der Waals surface area (Å²) in [7, 11) is 2.10. The van der Waals surface area contributed by atoms with Crippen LogP contribution >= 0.6 is 0 Å². The predicted octanol–water partition coefficient (Wildman–Crippen LogP) is 2.13. The molecular weight excluding hydrogens is 226 g/mol. The van der Waals surface area contributed by atoms with Gasteiger partial charge in [0.2, 0.25) is 0 Å². The predicted molar refractivity (Wildman–Crippen MR) is 72.8 cm³/mol. The van der Waals surface area contributed by atoms with Gasteiger partial charge in [0.1, 0.15) is 5.75 Å². The quantitative estimate of drug-likeness (QED) is 0.844. The van der Waals surface area contributed by atoms with Crippen LogP contribution < -0.4 is 0 Å². The van der Waals surface area contributed by atoms with E-state index in [4.69, 9.17) is 0 Å². The van der Waals surface area contributed by atoms with Crippen molar-refractivity contribution in [2.75, 3.05) is 20.1 Å². The van der Waals surface area contributed by atoms with Crippen molar-refractivity contribution in [2.45, 2.75) is 37.7 Å². The van der Waals surface area contributed by atoms with Gasteiger partial charge in [-0.3, -0.25) is 0 Å². The van der Waals surface area contributed by atoms with Gasteiger partial charge < -0.3 is 15.1 Å². The molecule has 3 nitrogen and oxygen atoms in total. The molecule has 18 heavy (non-hydrogen) atoms. The maximum Gasteiger partial charge on any atom is 0.115 e. The summed E-state index contributed by atoms with van der Waals surface area (Å²) in [4.78, 5) is 2.28. The van der Waals surface area contributed by atoms with E-state index >= 15 is 0 Å². The third kappa shape index (κ3) is 2.38. The number of phenols is 1. The SMILES string of the molecule is CCC1(c2cccc(O)c2)CN(C)CCCC1O. The number of aliphatic hydroxyl groups is 1. The Balaban J connectivity index is 2.43. The van der Waals surface area contributed by atoms with Crippen LogP contribution in [0.2, 0.25) is 0 Å². The van der Waals surface area contributed by atoms with Crippen LogP contribution in [0.1, 0.15) is 31.7 Å². The van der Waals surface area contributed by atoms with Crippen molar-refractivity contribution in [3.63, 3.8) is 0 Å². The van der Waals surface area contributed by atoms with Crippen LogP contribution in [0, 0.1) is 0 Å². The molecule has 1 aliphatic heterocycles. The van der Waals surface area contributed by atoms with Crippen LogP contribution in [-0.4, -0.2) is 41.4 Å². The number of hydrogen-bond donors (Lipinski definition) is 2. The maximum absolute atomic E-state index is 10.6. The number of nitrogens with zero attached hydrogens (tertiary/aromatic N) is 1. The highest BCUT2D eigenvalue weighted by Crippen LogP contribution is 2.37. The molecule has 100 valence electrons. The van der Waals surface area contributed by atoms with Crippen LogP contribution in [0.3, 0.4) is 0 Å². The van der Waals surface area contributed by atoms with Crippen molar-refractivity contribution in [3.05, 3.63) is 29.8 Å². The number of phenolic OH excluding ortho intramolecular Hbond substituents is 1. The van der Waals surface area contributed by atoms with Gasteiger partial charge in [0, 0.05) is 12.0 Å². The van der Waals surface area contributed by atoms with E-state index in [9.17, 15) is 10.2 Å². The Morgan fingerprint density at radius 1 is 1.44 bits per heavy atom. The summed E-state index contributed by atoms with van der Waals surface area (Å²) >= 11 is 0. The van der Waals surface area contributed by atoms with Crippen LogP contribution in [0.25, 0.3) is 0 Å². The van der Waals surface area contributed by atoms with E-state index in [0.29, 0.717) is 0 Å². The summed E-state index contributed by atoms with van der Waals surface area (Å²) in [6.07, 6.45) is 2.39. The van der Waals surface area contributed by atoms with Crippen molar-refractivity contribution < 1.29 is 10.2 Å². The third-order valence-corrected chi connectivity index (χ3v) is 4.26. The fourth-order valence-electron chi connectivity index (χ4n) is 3.15. The largest absolute Gasteiger partial charge is 0.508 e. The first-order valence-electron chi connectivity index (χ1n) is 6.74. The second kappa shape index (κ2) is 5.29. The molecule has 0 amide bonds. The molecule has 0 saturated carbocycles. The minimum atomic E-state index is -0.339. The number of likely N-dealkylation sites (N-methyl/N-ethyl adjacent to an activating group) is 1. The molecule has 1 heterocycles. The van der Waals surface area contributed by atoms with Gasteiger partial charge in [0.15, 0.2) is 0 Å². The highest BCUT2D eigenvalue weighted by molar-refractivity contribution is 5.35. The summed E-state index contributed by atoms with van der Waals surface area (Å²) in [6.45, 7) is 3.98. The fourth-order valence-corrected chi connectivity index (χ4v) is 3.15. The van der Waals surface area contributed by atoms with Crippen LogP contribution in [0.15, 0.2) is 24.3 Å². The van der Waals surface area contributed by atoms with E-state index in [2.05, 4.69) is 18.9 Å². The molecule has 2 atom stereocenters. The molecular formula is C15H23NO2. The van der Waals surface area contributed by atoms with Crippen LogP contribution in [-0.2, 0) is 5.41 Å². The van der Waals surface area contributed by atoms with Gasteiger partial charge in [-0.05, 0) is 50.6 Å². The minimum absolute atomic E-state index is 0.260. The van der Waals surface area contributed by atoms with Crippen LogP contribution in [0.5, 0.6) is 5.75 Å². The Labute approximate surface area is 109 Å². The van der Waals surface area contributed by atoms with E-state index in [1.165, 1.54) is 0 Å². The van der Waals surface area contributed by atoms with Gasteiger partial charge in [-0.25, -0.2) is 0 Å². The van der Waals surface area contributed by atoms with Crippen molar-refractivity contribution in [1.29, 1.82) is 0 Å². The zero-order valence-corrected chi connectivity index (χ0v) is 11.3. The third-order valence-electron chi connectivity index (χ3n) is 4.26. The van der Waals surface area contributed by atoms with Crippen molar-refractivity contribution in [1.82, 2.24) is 4.90 Å². The Morgan fingerprint density at radius 3 is 2.89 bits per heavy atom. The number of hydrogen-bond acceptors (Lipinski definition) is 3. The Bertz CT molecular complexity index is 407. The zero-order chi connectivity index (χ0) is 13.2. The molecule has 0 aromatic heterocycles. The number of rotatable bonds is 2. The lowest BCUT2D eigenvalue weighted by molar-refractivity contribution is 0.0652. The summed E-state index contributed by atoms with van der Waals surface area (Å²) in [5.41, 5.74) is 0.788. The lowest BCUT2D eigenvalue weighted by atomic mass is 9.72. The first-order valence-corrected chi connectivity index (χ1v) is 6.74. The summed E-state index contributed by atoms with van der Waals surface area (Å²) in [5.74, 6) is 0.277. The molecule has 0 bridgehead atoms. The first-order chi connectivity index (χ1) is 8.58. The summed E-state index contributed by atoms with van der Waals surface area (Å²) in [5, 5.41) is 20.2. The second-order valence-corrected chi connectivity index (χ2v) is 5.46. The lowest BCUT2D eigenvalue weighted by Gasteiger charge is -2.38. The topological polar surface area (TPSA) is 43.7 Å². The van der Waals surface area contributed by atoms with E-state index in [1.807, 2.05) is 12.1 Å². The molecule has 1 saturated heterocycles. The second-order valence-electron chi connectivity index (χ2n) is 5.46. The highest BCUT2D eigenvalue weighted by atomic mass is 16.3. The first kappa shape index (κ1) is 13.4. The van der Waals surface area contributed by atoms with E-state index in [-0.39, 0.29) is 17.3 Å². The monoisotopic (exact) mass is 249 g/mol. The Kier molecular flexibility index (Phi) is 3.93. The minimum Gasteiger partial charge on any atom is -0.508 e. The molecule has 2 unspecified atom stereocenters. The molecule has 1 aromatic rings. The van der Waals surface area contributed by atoms with Crippen LogP contribution in [0.4, 0.5) is 0 Å². The number of aromatic hydroxyl groups is 1. The van der Waals surface area contributed by atoms with E-state index in [0.717, 1.165) is 37.9 Å². The average molecular weight is 249 g/mol. The normalized spacial score (nSPS) is 30.1. The van der Waals surface area contributed by atoms with Gasteiger partial charge in [-0.2, -0.15) is 0 Å². The smallest absolute Gasteiger partial charge is 0.115 e. The summed E-state index contributed by atoms with van der Waals surface area (Å²) < 4.78 is 0. The maximum atomic E-state index is 10.6. The molecule has 0 radical (unpaired) electrons. The molecule has 3 heteroatoms. The standard InChI is InChI=1S/C15H23NO2/c1-3-15(12-6-4-7-13(17)10-12)11-16(2)9-5-8-14(15)18/h4,6-7,10,14,17-18H,3,5,8-9,11H2,1-2H3. The highest BCUT2D eigenvalue weighted by Gasteiger charge is 2.40. The number of benzene rings is 1. The average Bonchev–Trinajstić information content (AvgIpc) is 2.49. The van der Waals surface area contributed by atoms with Gasteiger partial charge in [0.05, 0.1) is 6.10 Å². The van der Waals surface area contributed by atoms with Gasteiger partial charge in [-0.1, -0.05) is 19.1 Å². The van der Waals surface area contributed by atoms with Gasteiger partial charge in [-0.15, -0.1) is 0 Å². The molecule has 0 spiro atoms. The van der Waals surface area contributed by atoms with Crippen molar-refractivity contribution in [3.8, 4) is 5.75 Å². The molecule has 1 aliphatic rings. The van der Waals surface area contributed by atoms with E-state index in [1.54, 1.807) is 12.1 Å². The lowest BCUT2D eigenvalue weighted by Crippen LogP contribution is -2.45. The van der Waals surface area contributed by atoms with Gasteiger partial charge in [0.25, 0.3) is 0 Å². The fraction of sp³-hybridized carbons (Fsp3) is 0.600. The zero-order valence-electron chi connectivity index (χ0n) is 11.3. The Hall–Kier alpha value is -1.06. The number of likely N-dealkylation sites (tertiary alicyclic amines) is 1. The van der Waals surface area contributed by atoms with E-state index < -0.39 is 0 Å². The number of aliphatic hydroxyl groups excluding tert-OH is 1. The molecule has 2 N–H and O–H groups in total. The molecule has 1 aromatic carbocycles. The Morgan fingerprint density at radius 2 is 2.22 bits per heavy atom. The van der Waals surface area contributed by atoms with Crippen molar-refractivity contribution >= 4 is 0 Å². The molecule has 1 fully saturated rings. The molecule has 0 aliphatic carbocycles. The van der Waals surface area contributed by atoms with Gasteiger partial charge >= 0.3 is 0 Å².